The maximum absolute atomic E-state index is 12.8. The van der Waals surface area contributed by atoms with Crippen LogP contribution < -0.4 is 4.74 Å². The molecule has 0 aliphatic carbocycles. The van der Waals surface area contributed by atoms with Gasteiger partial charge in [0.25, 0.3) is 5.91 Å². The van der Waals surface area contributed by atoms with Crippen LogP contribution in [0.25, 0.3) is 10.2 Å². The quantitative estimate of drug-likeness (QED) is 0.733. The normalized spacial score (nSPS) is 17.8. The second kappa shape index (κ2) is 6.52. The zero-order valence-electron chi connectivity index (χ0n) is 13.0. The molecule has 0 N–H and O–H groups in total. The van der Waals surface area contributed by atoms with Gasteiger partial charge in [0.1, 0.15) is 6.10 Å². The number of likely N-dealkylation sites (tertiary alicyclic amines) is 1. The molecule has 122 valence electrons. The van der Waals surface area contributed by atoms with Crippen molar-refractivity contribution in [2.24, 2.45) is 0 Å². The van der Waals surface area contributed by atoms with Gasteiger partial charge in [-0.25, -0.2) is 9.97 Å². The molecule has 0 spiro atoms. The lowest BCUT2D eigenvalue weighted by molar-refractivity contribution is 0.0527. The van der Waals surface area contributed by atoms with Gasteiger partial charge in [-0.15, -0.1) is 11.3 Å². The van der Waals surface area contributed by atoms with Crippen molar-refractivity contribution in [3.05, 3.63) is 47.9 Å². The van der Waals surface area contributed by atoms with E-state index in [1.807, 2.05) is 29.2 Å². The Morgan fingerprint density at radius 3 is 3.04 bits per heavy atom. The SMILES string of the molecule is O=C(c1nc2ccccc2s1)N1CCC[C@@H](Oc2cnccn2)C1. The van der Waals surface area contributed by atoms with E-state index in [2.05, 4.69) is 15.0 Å². The number of piperidine rings is 1. The molecule has 2 aromatic heterocycles. The number of fused-ring (bicyclic) bond motifs is 1. The first-order valence-electron chi connectivity index (χ1n) is 7.87. The van der Waals surface area contributed by atoms with Crippen molar-refractivity contribution in [3.63, 3.8) is 0 Å². The van der Waals surface area contributed by atoms with Crippen LogP contribution in [0.15, 0.2) is 42.9 Å². The topological polar surface area (TPSA) is 68.2 Å². The Morgan fingerprint density at radius 2 is 2.21 bits per heavy atom. The minimum atomic E-state index is -0.0613. The highest BCUT2D eigenvalue weighted by Gasteiger charge is 2.27. The van der Waals surface area contributed by atoms with E-state index in [-0.39, 0.29) is 12.0 Å². The molecule has 0 unspecified atom stereocenters. The summed E-state index contributed by atoms with van der Waals surface area (Å²) in [6.45, 7) is 1.28. The van der Waals surface area contributed by atoms with Gasteiger partial charge in [0.15, 0.2) is 5.01 Å². The third-order valence-corrected chi connectivity index (χ3v) is 4.99. The van der Waals surface area contributed by atoms with Gasteiger partial charge < -0.3 is 9.64 Å². The van der Waals surface area contributed by atoms with Gasteiger partial charge in [0.05, 0.1) is 23.0 Å². The van der Waals surface area contributed by atoms with Crippen LogP contribution in [0.3, 0.4) is 0 Å². The zero-order valence-corrected chi connectivity index (χ0v) is 13.8. The predicted octanol–water partition coefficient (Wildman–Crippen LogP) is 2.77. The molecule has 1 fully saturated rings. The van der Waals surface area contributed by atoms with Gasteiger partial charge in [0, 0.05) is 18.9 Å². The molecule has 1 saturated heterocycles. The van der Waals surface area contributed by atoms with E-state index in [1.54, 1.807) is 18.6 Å². The van der Waals surface area contributed by atoms with E-state index in [4.69, 9.17) is 4.74 Å². The smallest absolute Gasteiger partial charge is 0.282 e. The molecular formula is C17H16N4O2S. The monoisotopic (exact) mass is 340 g/mol. The van der Waals surface area contributed by atoms with Crippen molar-refractivity contribution in [3.8, 4) is 5.88 Å². The van der Waals surface area contributed by atoms with Gasteiger partial charge in [-0.05, 0) is 25.0 Å². The Morgan fingerprint density at radius 1 is 1.29 bits per heavy atom. The molecule has 4 rings (SSSR count). The van der Waals surface area contributed by atoms with Crippen LogP contribution in [0.1, 0.15) is 22.6 Å². The van der Waals surface area contributed by atoms with Crippen molar-refractivity contribution < 1.29 is 9.53 Å². The van der Waals surface area contributed by atoms with Gasteiger partial charge in [-0.2, -0.15) is 0 Å². The highest BCUT2D eigenvalue weighted by atomic mass is 32.1. The number of ether oxygens (including phenoxy) is 1. The van der Waals surface area contributed by atoms with Gasteiger partial charge >= 0.3 is 0 Å². The molecule has 1 aromatic carbocycles. The molecule has 1 aliphatic heterocycles. The molecule has 0 radical (unpaired) electrons. The van der Waals surface area contributed by atoms with Gasteiger partial charge in [0.2, 0.25) is 5.88 Å². The largest absolute Gasteiger partial charge is 0.471 e. The van der Waals surface area contributed by atoms with Gasteiger partial charge in [-0.3, -0.25) is 9.78 Å². The van der Waals surface area contributed by atoms with E-state index in [0.29, 0.717) is 17.4 Å². The highest BCUT2D eigenvalue weighted by Crippen LogP contribution is 2.24. The Hall–Kier alpha value is -2.54. The first-order chi connectivity index (χ1) is 11.8. The van der Waals surface area contributed by atoms with E-state index >= 15 is 0 Å². The second-order valence-electron chi connectivity index (χ2n) is 5.66. The summed E-state index contributed by atoms with van der Waals surface area (Å²) in [6, 6.07) is 7.81. The van der Waals surface area contributed by atoms with E-state index in [0.717, 1.165) is 29.6 Å². The molecule has 6 nitrogen and oxygen atoms in total. The number of hydrogen-bond acceptors (Lipinski definition) is 6. The molecule has 0 bridgehead atoms. The lowest BCUT2D eigenvalue weighted by Gasteiger charge is -2.32. The number of thiazole rings is 1. The molecule has 1 aliphatic rings. The fraction of sp³-hybridized carbons (Fsp3) is 0.294. The van der Waals surface area contributed by atoms with E-state index < -0.39 is 0 Å². The van der Waals surface area contributed by atoms with Crippen molar-refractivity contribution in [2.45, 2.75) is 18.9 Å². The minimum Gasteiger partial charge on any atom is -0.471 e. The van der Waals surface area contributed by atoms with Crippen molar-refractivity contribution in [1.29, 1.82) is 0 Å². The summed E-state index contributed by atoms with van der Waals surface area (Å²) < 4.78 is 6.88. The minimum absolute atomic E-state index is 0.0244. The Bertz CT molecular complexity index is 819. The van der Waals surface area contributed by atoms with E-state index in [9.17, 15) is 4.79 Å². The Kier molecular flexibility index (Phi) is 4.08. The number of nitrogens with zero attached hydrogens (tertiary/aromatic N) is 4. The third kappa shape index (κ3) is 3.07. The summed E-state index contributed by atoms with van der Waals surface area (Å²) in [4.78, 5) is 27.2. The lowest BCUT2D eigenvalue weighted by atomic mass is 10.1. The molecule has 1 amide bonds. The predicted molar refractivity (Wildman–Crippen MR) is 91.2 cm³/mol. The summed E-state index contributed by atoms with van der Waals surface area (Å²) >= 11 is 1.44. The third-order valence-electron chi connectivity index (χ3n) is 3.97. The standard InChI is InChI=1S/C17H16N4O2S/c22-17(16-20-13-5-1-2-6-14(13)24-16)21-9-3-4-12(11-21)23-15-10-18-7-8-19-15/h1-2,5-8,10,12H,3-4,9,11H2/t12-/m1/s1. The van der Waals surface area contributed by atoms with Crippen molar-refractivity contribution >= 4 is 27.5 Å². The summed E-state index contributed by atoms with van der Waals surface area (Å²) in [7, 11) is 0. The number of benzene rings is 1. The number of carbonyl (C=O) groups is 1. The Balaban J connectivity index is 1.48. The van der Waals surface area contributed by atoms with Crippen LogP contribution in [0.5, 0.6) is 5.88 Å². The zero-order chi connectivity index (χ0) is 16.4. The summed E-state index contributed by atoms with van der Waals surface area (Å²) in [5.74, 6) is 0.473. The van der Waals surface area contributed by atoms with Crippen LogP contribution in [-0.4, -0.2) is 45.0 Å². The number of hydrogen-bond donors (Lipinski definition) is 0. The Labute approximate surface area is 143 Å². The maximum atomic E-state index is 12.8. The first-order valence-corrected chi connectivity index (χ1v) is 8.69. The van der Waals surface area contributed by atoms with Crippen LogP contribution in [0.4, 0.5) is 0 Å². The lowest BCUT2D eigenvalue weighted by Crippen LogP contribution is -2.44. The highest BCUT2D eigenvalue weighted by molar-refractivity contribution is 7.20. The van der Waals surface area contributed by atoms with E-state index in [1.165, 1.54) is 11.3 Å². The number of aromatic nitrogens is 3. The molecule has 3 heterocycles. The average Bonchev–Trinajstić information content (AvgIpc) is 3.06. The van der Waals surface area contributed by atoms with Crippen molar-refractivity contribution in [1.82, 2.24) is 19.9 Å². The fourth-order valence-corrected chi connectivity index (χ4v) is 3.77. The number of para-hydroxylation sites is 1. The van der Waals surface area contributed by atoms with Crippen LogP contribution >= 0.6 is 11.3 Å². The van der Waals surface area contributed by atoms with Crippen LogP contribution in [-0.2, 0) is 0 Å². The van der Waals surface area contributed by atoms with Gasteiger partial charge in [-0.1, -0.05) is 12.1 Å². The molecule has 3 aromatic rings. The summed E-state index contributed by atoms with van der Waals surface area (Å²) in [5.41, 5.74) is 0.871. The second-order valence-corrected chi connectivity index (χ2v) is 6.69. The summed E-state index contributed by atoms with van der Waals surface area (Å²) in [6.07, 6.45) is 6.54. The molecule has 0 saturated carbocycles. The molecule has 24 heavy (non-hydrogen) atoms. The maximum Gasteiger partial charge on any atom is 0.282 e. The summed E-state index contributed by atoms with van der Waals surface area (Å²) in [5, 5.41) is 0.538. The average molecular weight is 340 g/mol. The molecule has 7 heteroatoms. The first kappa shape index (κ1) is 15.0. The number of rotatable bonds is 3. The fourth-order valence-electron chi connectivity index (χ4n) is 2.83. The number of carbonyl (C=O) groups excluding carboxylic acids is 1. The van der Waals surface area contributed by atoms with Crippen molar-refractivity contribution in [2.75, 3.05) is 13.1 Å². The molecular weight excluding hydrogens is 324 g/mol. The van der Waals surface area contributed by atoms with Crippen LogP contribution in [0, 0.1) is 0 Å². The number of amides is 1. The van der Waals surface area contributed by atoms with Crippen LogP contribution in [0.2, 0.25) is 0 Å². The molecule has 1 atom stereocenters.